The smallest absolute Gasteiger partial charge is 0.143 e. The monoisotopic (exact) mass is 678 g/mol. The molecule has 8 aromatic carbocycles. The van der Waals surface area contributed by atoms with E-state index in [2.05, 4.69) is 198 Å². The van der Waals surface area contributed by atoms with Crippen molar-refractivity contribution < 1.29 is 4.42 Å². The van der Waals surface area contributed by atoms with Crippen molar-refractivity contribution in [3.63, 3.8) is 0 Å². The Morgan fingerprint density at radius 3 is 1.85 bits per heavy atom. The number of hydrogen-bond acceptors (Lipinski definition) is 2. The summed E-state index contributed by atoms with van der Waals surface area (Å²) in [7, 11) is 0. The molecule has 3 nitrogen and oxygen atoms in total. The molecule has 0 fully saturated rings. The van der Waals surface area contributed by atoms with Gasteiger partial charge >= 0.3 is 0 Å². The van der Waals surface area contributed by atoms with Crippen molar-refractivity contribution in [2.24, 2.45) is 0 Å². The molecule has 0 saturated carbocycles. The first-order valence-corrected chi connectivity index (χ1v) is 18.4. The first-order valence-electron chi connectivity index (χ1n) is 18.4. The standard InChI is InChI=1S/C50H34N2O/c1-2-15-35-32-49-44(31-34(35)14-1)43-22-12-21-42(50(43)53-49)41-20-7-10-25-48(41)51(45-26-11-16-33-13-3-4-17-38(33)45)36-27-29-37(30-28-36)52-46-23-8-5-18-39(46)40-19-6-9-24-47(40)52/h1-27,29-32,36H,28H2. The molecule has 0 bridgehead atoms. The Bertz CT molecular complexity index is 3060. The van der Waals surface area contributed by atoms with Crippen LogP contribution in [0.3, 0.4) is 0 Å². The van der Waals surface area contributed by atoms with Gasteiger partial charge in [-0.3, -0.25) is 0 Å². The van der Waals surface area contributed by atoms with E-state index in [1.165, 1.54) is 54.7 Å². The van der Waals surface area contributed by atoms with Crippen molar-refractivity contribution in [3.05, 3.63) is 188 Å². The van der Waals surface area contributed by atoms with Gasteiger partial charge in [-0.05, 0) is 65.1 Å². The fourth-order valence-electron chi connectivity index (χ4n) is 8.67. The molecule has 1 aliphatic carbocycles. The number of aromatic nitrogens is 1. The maximum atomic E-state index is 6.78. The average Bonchev–Trinajstić information content (AvgIpc) is 3.76. The highest BCUT2D eigenvalue weighted by atomic mass is 16.3. The summed E-state index contributed by atoms with van der Waals surface area (Å²) in [5.74, 6) is 0. The van der Waals surface area contributed by atoms with E-state index in [1.54, 1.807) is 0 Å². The first-order chi connectivity index (χ1) is 26.3. The lowest BCUT2D eigenvalue weighted by molar-refractivity contribution is 0.670. The van der Waals surface area contributed by atoms with E-state index in [0.29, 0.717) is 0 Å². The van der Waals surface area contributed by atoms with Crippen molar-refractivity contribution in [2.75, 3.05) is 4.90 Å². The molecule has 0 amide bonds. The van der Waals surface area contributed by atoms with Crippen LogP contribution in [0.2, 0.25) is 0 Å². The van der Waals surface area contributed by atoms with E-state index in [0.717, 1.165) is 45.2 Å². The molecule has 0 spiro atoms. The number of benzene rings is 8. The summed E-state index contributed by atoms with van der Waals surface area (Å²) in [4.78, 5) is 2.54. The van der Waals surface area contributed by atoms with E-state index >= 15 is 0 Å². The maximum Gasteiger partial charge on any atom is 0.143 e. The van der Waals surface area contributed by atoms with Gasteiger partial charge < -0.3 is 13.9 Å². The molecule has 10 aromatic rings. The molecule has 53 heavy (non-hydrogen) atoms. The summed E-state index contributed by atoms with van der Waals surface area (Å²) < 4.78 is 9.20. The van der Waals surface area contributed by atoms with Gasteiger partial charge in [-0.25, -0.2) is 0 Å². The Balaban J connectivity index is 1.09. The van der Waals surface area contributed by atoms with E-state index in [4.69, 9.17) is 4.42 Å². The Labute approximate surface area is 306 Å². The van der Waals surface area contributed by atoms with Crippen LogP contribution in [-0.2, 0) is 0 Å². The second-order valence-corrected chi connectivity index (χ2v) is 14.0. The van der Waals surface area contributed by atoms with Gasteiger partial charge in [0, 0.05) is 55.1 Å². The van der Waals surface area contributed by atoms with Crippen LogP contribution in [0.5, 0.6) is 0 Å². The zero-order chi connectivity index (χ0) is 34.9. The highest BCUT2D eigenvalue weighted by Crippen LogP contribution is 2.45. The molecule has 1 atom stereocenters. The molecule has 1 aliphatic rings. The Morgan fingerprint density at radius 2 is 1.08 bits per heavy atom. The largest absolute Gasteiger partial charge is 0.455 e. The van der Waals surface area contributed by atoms with Crippen LogP contribution in [-0.4, -0.2) is 10.6 Å². The molecular formula is C50H34N2O. The minimum absolute atomic E-state index is 0.0685. The number of fused-ring (bicyclic) bond motifs is 8. The molecule has 0 N–H and O–H groups in total. The summed E-state index contributed by atoms with van der Waals surface area (Å²) in [6.45, 7) is 0. The fraction of sp³-hybridized carbons (Fsp3) is 0.0400. The number of allylic oxidation sites excluding steroid dienone is 2. The van der Waals surface area contributed by atoms with Crippen molar-refractivity contribution in [2.45, 2.75) is 12.5 Å². The van der Waals surface area contributed by atoms with Gasteiger partial charge in [-0.2, -0.15) is 0 Å². The number of rotatable bonds is 5. The quantitative estimate of drug-likeness (QED) is 0.181. The predicted octanol–water partition coefficient (Wildman–Crippen LogP) is 13.7. The fourth-order valence-corrected chi connectivity index (χ4v) is 8.67. The van der Waals surface area contributed by atoms with E-state index < -0.39 is 0 Å². The van der Waals surface area contributed by atoms with Gasteiger partial charge in [0.15, 0.2) is 0 Å². The molecule has 2 aromatic heterocycles. The molecule has 0 radical (unpaired) electrons. The third-order valence-electron chi connectivity index (χ3n) is 11.1. The van der Waals surface area contributed by atoms with Crippen LogP contribution in [0.25, 0.3) is 82.1 Å². The van der Waals surface area contributed by atoms with Crippen LogP contribution < -0.4 is 4.90 Å². The normalized spacial score (nSPS) is 14.6. The van der Waals surface area contributed by atoms with Crippen LogP contribution in [0.1, 0.15) is 6.42 Å². The SMILES string of the molecule is C1=CC(N(c2ccccc2-c2cccc3c2oc2cc4ccccc4cc23)c2cccc3ccccc23)CC=C1n1c2ccccc2c2ccccc21. The van der Waals surface area contributed by atoms with Gasteiger partial charge in [0.2, 0.25) is 0 Å². The number of para-hydroxylation sites is 4. The number of anilines is 2. The third kappa shape index (κ3) is 4.67. The van der Waals surface area contributed by atoms with Gasteiger partial charge in [-0.1, -0.05) is 146 Å². The summed E-state index contributed by atoms with van der Waals surface area (Å²) in [5.41, 5.74) is 10.0. The minimum atomic E-state index is 0.0685. The van der Waals surface area contributed by atoms with Crippen LogP contribution in [0.4, 0.5) is 11.4 Å². The first kappa shape index (κ1) is 29.8. The number of hydrogen-bond donors (Lipinski definition) is 0. The molecule has 2 heterocycles. The lowest BCUT2D eigenvalue weighted by atomic mass is 9.96. The predicted molar refractivity (Wildman–Crippen MR) is 224 cm³/mol. The maximum absolute atomic E-state index is 6.78. The Morgan fingerprint density at radius 1 is 0.491 bits per heavy atom. The zero-order valence-corrected chi connectivity index (χ0v) is 29.0. The van der Waals surface area contributed by atoms with Crippen molar-refractivity contribution in [1.82, 2.24) is 4.57 Å². The topological polar surface area (TPSA) is 21.3 Å². The van der Waals surface area contributed by atoms with Gasteiger partial charge in [0.25, 0.3) is 0 Å². The lowest BCUT2D eigenvalue weighted by Gasteiger charge is -2.35. The Kier molecular flexibility index (Phi) is 6.68. The van der Waals surface area contributed by atoms with E-state index in [-0.39, 0.29) is 6.04 Å². The summed E-state index contributed by atoms with van der Waals surface area (Å²) in [6, 6.07) is 61.3. The molecule has 1 unspecified atom stereocenters. The molecular weight excluding hydrogens is 645 g/mol. The van der Waals surface area contributed by atoms with E-state index in [9.17, 15) is 0 Å². The average molecular weight is 679 g/mol. The lowest BCUT2D eigenvalue weighted by Crippen LogP contribution is -2.31. The van der Waals surface area contributed by atoms with Gasteiger partial charge in [0.05, 0.1) is 17.1 Å². The highest BCUT2D eigenvalue weighted by Gasteiger charge is 2.26. The van der Waals surface area contributed by atoms with Crippen LogP contribution >= 0.6 is 0 Å². The minimum Gasteiger partial charge on any atom is -0.455 e. The van der Waals surface area contributed by atoms with Crippen molar-refractivity contribution in [3.8, 4) is 11.1 Å². The van der Waals surface area contributed by atoms with Gasteiger partial charge in [0.1, 0.15) is 11.2 Å². The summed E-state index contributed by atoms with van der Waals surface area (Å²) in [6.07, 6.45) is 7.96. The van der Waals surface area contributed by atoms with Crippen LogP contribution in [0.15, 0.2) is 193 Å². The molecule has 0 saturated heterocycles. The zero-order valence-electron chi connectivity index (χ0n) is 29.0. The molecule has 0 aliphatic heterocycles. The van der Waals surface area contributed by atoms with Crippen molar-refractivity contribution in [1.29, 1.82) is 0 Å². The summed E-state index contributed by atoms with van der Waals surface area (Å²) in [5, 5.41) is 9.67. The highest BCUT2D eigenvalue weighted by molar-refractivity contribution is 6.14. The molecule has 250 valence electrons. The van der Waals surface area contributed by atoms with Crippen LogP contribution in [0, 0.1) is 0 Å². The van der Waals surface area contributed by atoms with Gasteiger partial charge in [-0.15, -0.1) is 0 Å². The molecule has 3 heteroatoms. The number of nitrogens with zero attached hydrogens (tertiary/aromatic N) is 2. The van der Waals surface area contributed by atoms with Crippen molar-refractivity contribution >= 4 is 82.4 Å². The Hall–Kier alpha value is -6.84. The second-order valence-electron chi connectivity index (χ2n) is 14.0. The summed E-state index contributed by atoms with van der Waals surface area (Å²) >= 11 is 0. The molecule has 11 rings (SSSR count). The second kappa shape index (κ2) is 11.9. The third-order valence-corrected chi connectivity index (χ3v) is 11.1. The van der Waals surface area contributed by atoms with E-state index in [1.807, 2.05) is 0 Å². The number of furan rings is 1.